The molecule has 2 atom stereocenters. The van der Waals surface area contributed by atoms with E-state index in [2.05, 4.69) is 18.6 Å². The van der Waals surface area contributed by atoms with Crippen LogP contribution in [-0.2, 0) is 10.0 Å². The fourth-order valence-corrected chi connectivity index (χ4v) is 3.51. The van der Waals surface area contributed by atoms with E-state index in [9.17, 15) is 8.42 Å². The maximum atomic E-state index is 12.4. The van der Waals surface area contributed by atoms with Crippen LogP contribution in [0.2, 0.25) is 0 Å². The Hall–Kier alpha value is -1.27. The van der Waals surface area contributed by atoms with Crippen molar-refractivity contribution in [1.29, 1.82) is 0 Å². The number of hydrogen-bond donors (Lipinski definition) is 2. The number of rotatable bonds is 7. The second-order valence-corrected chi connectivity index (χ2v) is 6.86. The first-order chi connectivity index (χ1) is 9.30. The largest absolute Gasteiger partial charge is 0.495 e. The number of nitrogen functional groups attached to an aromatic ring is 1. The molecule has 1 aromatic rings. The first kappa shape index (κ1) is 16.8. The number of sulfonamides is 1. The van der Waals surface area contributed by atoms with Gasteiger partial charge in [-0.1, -0.05) is 20.3 Å². The summed E-state index contributed by atoms with van der Waals surface area (Å²) in [5.74, 6) is 0.762. The Morgan fingerprint density at radius 1 is 1.35 bits per heavy atom. The minimum atomic E-state index is -3.63. The molecular weight excluding hydrogens is 276 g/mol. The first-order valence-corrected chi connectivity index (χ1v) is 8.24. The van der Waals surface area contributed by atoms with Crippen LogP contribution >= 0.6 is 0 Å². The zero-order valence-electron chi connectivity index (χ0n) is 12.5. The fraction of sp³-hybridized carbons (Fsp3) is 0.571. The molecular formula is C14H24N2O3S. The lowest BCUT2D eigenvalue weighted by molar-refractivity contribution is 0.401. The average Bonchev–Trinajstić information content (AvgIpc) is 2.37. The van der Waals surface area contributed by atoms with Crippen LogP contribution in [0.25, 0.3) is 0 Å². The summed E-state index contributed by atoms with van der Waals surface area (Å²) in [5.41, 5.74) is 6.05. The Bertz CT molecular complexity index is 543. The Morgan fingerprint density at radius 2 is 2.00 bits per heavy atom. The minimum absolute atomic E-state index is 0.0796. The Kier molecular flexibility index (Phi) is 5.83. The van der Waals surface area contributed by atoms with Crippen LogP contribution in [0.1, 0.15) is 33.6 Å². The van der Waals surface area contributed by atoms with Gasteiger partial charge in [0.2, 0.25) is 10.0 Å². The average molecular weight is 300 g/mol. The van der Waals surface area contributed by atoms with E-state index < -0.39 is 10.0 Å². The minimum Gasteiger partial charge on any atom is -0.495 e. The third kappa shape index (κ3) is 4.38. The highest BCUT2D eigenvalue weighted by Crippen LogP contribution is 2.26. The van der Waals surface area contributed by atoms with Gasteiger partial charge in [0.15, 0.2) is 0 Å². The van der Waals surface area contributed by atoms with Crippen molar-refractivity contribution in [2.24, 2.45) is 5.92 Å². The van der Waals surface area contributed by atoms with Crippen molar-refractivity contribution in [2.45, 2.75) is 44.6 Å². The van der Waals surface area contributed by atoms with Gasteiger partial charge in [0.1, 0.15) is 10.6 Å². The van der Waals surface area contributed by atoms with Gasteiger partial charge in [-0.15, -0.1) is 0 Å². The van der Waals surface area contributed by atoms with E-state index in [0.29, 0.717) is 17.4 Å². The molecule has 0 spiro atoms. The SMILES string of the molecule is CCC(C)CC(C)NS(=O)(=O)c1cc(N)ccc1OC. The van der Waals surface area contributed by atoms with Crippen molar-refractivity contribution < 1.29 is 13.2 Å². The molecule has 0 amide bonds. The zero-order chi connectivity index (χ0) is 15.3. The standard InChI is InChI=1S/C14H24N2O3S/c1-5-10(2)8-11(3)16-20(17,18)14-9-12(15)6-7-13(14)19-4/h6-7,9-11,16H,5,8,15H2,1-4H3. The van der Waals surface area contributed by atoms with E-state index in [4.69, 9.17) is 10.5 Å². The van der Waals surface area contributed by atoms with Gasteiger partial charge in [-0.25, -0.2) is 13.1 Å². The van der Waals surface area contributed by atoms with Gasteiger partial charge in [-0.2, -0.15) is 0 Å². The second-order valence-electron chi connectivity index (χ2n) is 5.18. The summed E-state index contributed by atoms with van der Waals surface area (Å²) in [7, 11) is -2.20. The summed E-state index contributed by atoms with van der Waals surface area (Å²) in [5, 5.41) is 0. The summed E-state index contributed by atoms with van der Waals surface area (Å²) >= 11 is 0. The van der Waals surface area contributed by atoms with Crippen molar-refractivity contribution in [2.75, 3.05) is 12.8 Å². The fourth-order valence-electron chi connectivity index (χ4n) is 2.05. The summed E-state index contributed by atoms with van der Waals surface area (Å²) in [4.78, 5) is 0.0796. The highest BCUT2D eigenvalue weighted by atomic mass is 32.2. The molecule has 2 unspecified atom stereocenters. The summed E-state index contributed by atoms with van der Waals surface area (Å²) in [6.45, 7) is 6.06. The Labute approximate surface area is 121 Å². The monoisotopic (exact) mass is 300 g/mol. The van der Waals surface area contributed by atoms with Gasteiger partial charge in [-0.3, -0.25) is 0 Å². The molecule has 0 bridgehead atoms. The number of nitrogens with one attached hydrogen (secondary N) is 1. The van der Waals surface area contributed by atoms with Gasteiger partial charge >= 0.3 is 0 Å². The number of nitrogens with two attached hydrogens (primary N) is 1. The number of anilines is 1. The molecule has 114 valence electrons. The maximum absolute atomic E-state index is 12.4. The Morgan fingerprint density at radius 3 is 2.55 bits per heavy atom. The molecule has 0 aliphatic carbocycles. The number of ether oxygens (including phenoxy) is 1. The van der Waals surface area contributed by atoms with Crippen LogP contribution in [0.3, 0.4) is 0 Å². The molecule has 20 heavy (non-hydrogen) atoms. The molecule has 0 radical (unpaired) electrons. The Balaban J connectivity index is 2.96. The van der Waals surface area contributed by atoms with Crippen LogP contribution < -0.4 is 15.2 Å². The lowest BCUT2D eigenvalue weighted by Gasteiger charge is -2.18. The third-order valence-corrected chi connectivity index (χ3v) is 4.90. The molecule has 0 fully saturated rings. The van der Waals surface area contributed by atoms with Crippen molar-refractivity contribution >= 4 is 15.7 Å². The smallest absolute Gasteiger partial charge is 0.244 e. The van der Waals surface area contributed by atoms with Crippen molar-refractivity contribution in [3.8, 4) is 5.75 Å². The van der Waals surface area contributed by atoms with Crippen LogP contribution in [0, 0.1) is 5.92 Å². The van der Waals surface area contributed by atoms with Crippen LogP contribution in [-0.4, -0.2) is 21.6 Å². The normalized spacial score (nSPS) is 14.8. The van der Waals surface area contributed by atoms with Gasteiger partial charge in [0.25, 0.3) is 0 Å². The van der Waals surface area contributed by atoms with E-state index >= 15 is 0 Å². The van der Waals surface area contributed by atoms with Gasteiger partial charge in [0, 0.05) is 11.7 Å². The molecule has 0 aromatic heterocycles. The van der Waals surface area contributed by atoms with Crippen molar-refractivity contribution in [3.63, 3.8) is 0 Å². The number of benzene rings is 1. The molecule has 0 aliphatic rings. The third-order valence-electron chi connectivity index (χ3n) is 3.29. The molecule has 0 aliphatic heterocycles. The lowest BCUT2D eigenvalue weighted by Crippen LogP contribution is -2.34. The van der Waals surface area contributed by atoms with Crippen molar-refractivity contribution in [3.05, 3.63) is 18.2 Å². The maximum Gasteiger partial charge on any atom is 0.244 e. The molecule has 1 aromatic carbocycles. The lowest BCUT2D eigenvalue weighted by atomic mass is 10.0. The topological polar surface area (TPSA) is 81.4 Å². The van der Waals surface area contributed by atoms with E-state index in [-0.39, 0.29) is 10.9 Å². The predicted octanol–water partition coefficient (Wildman–Crippen LogP) is 2.38. The van der Waals surface area contributed by atoms with Gasteiger partial charge < -0.3 is 10.5 Å². The first-order valence-electron chi connectivity index (χ1n) is 6.76. The van der Waals surface area contributed by atoms with Crippen LogP contribution in [0.5, 0.6) is 5.75 Å². The molecule has 5 nitrogen and oxygen atoms in total. The van der Waals surface area contributed by atoms with E-state index in [0.717, 1.165) is 12.8 Å². The quantitative estimate of drug-likeness (QED) is 0.758. The molecule has 0 saturated carbocycles. The van der Waals surface area contributed by atoms with Crippen LogP contribution in [0.4, 0.5) is 5.69 Å². The number of hydrogen-bond acceptors (Lipinski definition) is 4. The van der Waals surface area contributed by atoms with E-state index in [1.54, 1.807) is 12.1 Å². The highest BCUT2D eigenvalue weighted by Gasteiger charge is 2.22. The summed E-state index contributed by atoms with van der Waals surface area (Å²) < 4.78 is 32.6. The summed E-state index contributed by atoms with van der Waals surface area (Å²) in [6.07, 6.45) is 1.81. The van der Waals surface area contributed by atoms with Crippen LogP contribution in [0.15, 0.2) is 23.1 Å². The van der Waals surface area contributed by atoms with E-state index in [1.165, 1.54) is 13.2 Å². The van der Waals surface area contributed by atoms with Gasteiger partial charge in [-0.05, 0) is 37.5 Å². The molecule has 0 saturated heterocycles. The molecule has 0 heterocycles. The molecule has 3 N–H and O–H groups in total. The second kappa shape index (κ2) is 6.95. The van der Waals surface area contributed by atoms with Crippen molar-refractivity contribution in [1.82, 2.24) is 4.72 Å². The molecule has 1 rings (SSSR count). The zero-order valence-corrected chi connectivity index (χ0v) is 13.3. The number of methoxy groups -OCH3 is 1. The highest BCUT2D eigenvalue weighted by molar-refractivity contribution is 7.89. The summed E-state index contributed by atoms with van der Waals surface area (Å²) in [6, 6.07) is 4.45. The predicted molar refractivity (Wildman–Crippen MR) is 81.3 cm³/mol. The van der Waals surface area contributed by atoms with E-state index in [1.807, 2.05) is 6.92 Å². The van der Waals surface area contributed by atoms with Gasteiger partial charge in [0.05, 0.1) is 7.11 Å². The molecule has 6 heteroatoms.